The van der Waals surface area contributed by atoms with E-state index in [-0.39, 0.29) is 0 Å². The Bertz CT molecular complexity index is 137. The van der Waals surface area contributed by atoms with Gasteiger partial charge in [0.1, 0.15) is 0 Å². The zero-order valence-electron chi connectivity index (χ0n) is 12.0. The molecule has 0 radical (unpaired) electrons. The second-order valence-electron chi connectivity index (χ2n) is 5.41. The second kappa shape index (κ2) is 14.0. The van der Waals surface area contributed by atoms with Crippen molar-refractivity contribution in [2.45, 2.75) is 71.6 Å². The minimum Gasteiger partial charge on any atom is -0.380 e. The third-order valence-electron chi connectivity index (χ3n) is 3.08. The van der Waals surface area contributed by atoms with Crippen LogP contribution in [0.15, 0.2) is 0 Å². The number of unbranched alkanes of at least 4 members (excludes halogenated alkanes) is 7. The largest absolute Gasteiger partial charge is 0.380 e. The van der Waals surface area contributed by atoms with Crippen LogP contribution in [0.3, 0.4) is 0 Å². The molecule has 0 amide bonds. The lowest BCUT2D eigenvalue weighted by atomic mass is 10.0. The molecule has 0 aliphatic rings. The van der Waals surface area contributed by atoms with Gasteiger partial charge in [-0.2, -0.15) is 0 Å². The van der Waals surface area contributed by atoms with E-state index in [4.69, 9.17) is 10.5 Å². The molecule has 0 heterocycles. The molecule has 0 atom stereocenters. The zero-order valence-corrected chi connectivity index (χ0v) is 12.0. The van der Waals surface area contributed by atoms with Gasteiger partial charge in [-0.25, -0.2) is 0 Å². The van der Waals surface area contributed by atoms with E-state index in [1.165, 1.54) is 57.8 Å². The second-order valence-corrected chi connectivity index (χ2v) is 5.41. The molecule has 0 bridgehead atoms. The van der Waals surface area contributed by atoms with Crippen molar-refractivity contribution < 1.29 is 4.74 Å². The van der Waals surface area contributed by atoms with Gasteiger partial charge in [-0.3, -0.25) is 0 Å². The zero-order chi connectivity index (χ0) is 12.8. The van der Waals surface area contributed by atoms with E-state index in [2.05, 4.69) is 13.8 Å². The summed E-state index contributed by atoms with van der Waals surface area (Å²) in [4.78, 5) is 0. The Hall–Kier alpha value is -0.0800. The van der Waals surface area contributed by atoms with Gasteiger partial charge < -0.3 is 10.5 Å². The van der Waals surface area contributed by atoms with Gasteiger partial charge in [0.2, 0.25) is 0 Å². The maximum Gasteiger partial charge on any atom is 0.0588 e. The Morgan fingerprint density at radius 2 is 1.29 bits per heavy atom. The molecule has 2 nitrogen and oxygen atoms in total. The summed E-state index contributed by atoms with van der Waals surface area (Å²) in [6.07, 6.45) is 12.4. The summed E-state index contributed by atoms with van der Waals surface area (Å²) >= 11 is 0. The summed E-state index contributed by atoms with van der Waals surface area (Å²) in [5, 5.41) is 0. The fraction of sp³-hybridized carbons (Fsp3) is 1.00. The van der Waals surface area contributed by atoms with Gasteiger partial charge in [-0.1, -0.05) is 65.2 Å². The molecule has 0 spiro atoms. The van der Waals surface area contributed by atoms with E-state index in [9.17, 15) is 0 Å². The molecule has 0 aromatic heterocycles. The standard InChI is InChI=1S/C15H33NO/c1-15(2)11-9-7-5-3-4-6-8-10-13-17-14-12-16/h15H,3-14,16H2,1-2H3. The van der Waals surface area contributed by atoms with Gasteiger partial charge >= 0.3 is 0 Å². The quantitative estimate of drug-likeness (QED) is 0.494. The highest BCUT2D eigenvalue weighted by Gasteiger charge is 1.95. The van der Waals surface area contributed by atoms with Gasteiger partial charge in [0.05, 0.1) is 6.61 Å². The Labute approximate surface area is 108 Å². The minimum absolute atomic E-state index is 0.649. The monoisotopic (exact) mass is 243 g/mol. The van der Waals surface area contributed by atoms with Gasteiger partial charge in [0.15, 0.2) is 0 Å². The molecule has 0 aliphatic heterocycles. The number of nitrogens with two attached hydrogens (primary N) is 1. The van der Waals surface area contributed by atoms with Crippen molar-refractivity contribution in [1.82, 2.24) is 0 Å². The summed E-state index contributed by atoms with van der Waals surface area (Å²) < 4.78 is 5.34. The smallest absolute Gasteiger partial charge is 0.0588 e. The van der Waals surface area contributed by atoms with Crippen LogP contribution >= 0.6 is 0 Å². The van der Waals surface area contributed by atoms with Crippen LogP contribution in [0, 0.1) is 5.92 Å². The van der Waals surface area contributed by atoms with Crippen LogP contribution in [0.5, 0.6) is 0 Å². The van der Waals surface area contributed by atoms with Crippen molar-refractivity contribution in [3.05, 3.63) is 0 Å². The predicted octanol–water partition coefficient (Wildman–Crippen LogP) is 4.13. The molecular formula is C15H33NO. The van der Waals surface area contributed by atoms with E-state index in [0.717, 1.165) is 19.1 Å². The van der Waals surface area contributed by atoms with Crippen molar-refractivity contribution in [2.75, 3.05) is 19.8 Å². The SMILES string of the molecule is CC(C)CCCCCCCCCCOCCN. The molecule has 0 aromatic carbocycles. The fourth-order valence-corrected chi connectivity index (χ4v) is 2.00. The van der Waals surface area contributed by atoms with E-state index < -0.39 is 0 Å². The summed E-state index contributed by atoms with van der Waals surface area (Å²) in [5.74, 6) is 0.878. The van der Waals surface area contributed by atoms with Crippen LogP contribution in [0.4, 0.5) is 0 Å². The third-order valence-corrected chi connectivity index (χ3v) is 3.08. The Morgan fingerprint density at radius 3 is 1.82 bits per heavy atom. The van der Waals surface area contributed by atoms with Gasteiger partial charge in [-0.05, 0) is 12.3 Å². The maximum absolute atomic E-state index is 5.34. The van der Waals surface area contributed by atoms with Crippen LogP contribution in [0.1, 0.15) is 71.6 Å². The van der Waals surface area contributed by atoms with Gasteiger partial charge in [0.25, 0.3) is 0 Å². The first kappa shape index (κ1) is 16.9. The lowest BCUT2D eigenvalue weighted by Crippen LogP contribution is -2.08. The number of rotatable bonds is 13. The Morgan fingerprint density at radius 1 is 0.765 bits per heavy atom. The highest BCUT2D eigenvalue weighted by atomic mass is 16.5. The van der Waals surface area contributed by atoms with Gasteiger partial charge in [0, 0.05) is 13.2 Å². The van der Waals surface area contributed by atoms with E-state index in [0.29, 0.717) is 6.54 Å². The fourth-order valence-electron chi connectivity index (χ4n) is 2.00. The van der Waals surface area contributed by atoms with E-state index in [1.54, 1.807) is 0 Å². The highest BCUT2D eigenvalue weighted by molar-refractivity contribution is 4.49. The van der Waals surface area contributed by atoms with Crippen LogP contribution in [0.2, 0.25) is 0 Å². The summed E-state index contributed by atoms with van der Waals surface area (Å²) in [6, 6.07) is 0. The topological polar surface area (TPSA) is 35.2 Å². The molecule has 0 saturated heterocycles. The molecule has 0 aromatic rings. The lowest BCUT2D eigenvalue weighted by molar-refractivity contribution is 0.137. The average molecular weight is 243 g/mol. The molecule has 0 saturated carbocycles. The highest BCUT2D eigenvalue weighted by Crippen LogP contribution is 2.12. The third kappa shape index (κ3) is 15.9. The number of ether oxygens (including phenoxy) is 1. The minimum atomic E-state index is 0.649. The van der Waals surface area contributed by atoms with Crippen LogP contribution < -0.4 is 5.73 Å². The molecule has 2 heteroatoms. The first-order valence-corrected chi connectivity index (χ1v) is 7.55. The van der Waals surface area contributed by atoms with Crippen LogP contribution in [-0.2, 0) is 4.74 Å². The van der Waals surface area contributed by atoms with E-state index >= 15 is 0 Å². The number of hydrogen-bond donors (Lipinski definition) is 1. The van der Waals surface area contributed by atoms with Crippen molar-refractivity contribution in [2.24, 2.45) is 11.7 Å². The number of hydrogen-bond acceptors (Lipinski definition) is 2. The predicted molar refractivity (Wildman–Crippen MR) is 76.3 cm³/mol. The first-order valence-electron chi connectivity index (χ1n) is 7.55. The summed E-state index contributed by atoms with van der Waals surface area (Å²) in [6.45, 7) is 6.89. The molecule has 0 rings (SSSR count). The maximum atomic E-state index is 5.34. The van der Waals surface area contributed by atoms with Crippen LogP contribution in [-0.4, -0.2) is 19.8 Å². The van der Waals surface area contributed by atoms with Crippen molar-refractivity contribution in [1.29, 1.82) is 0 Å². The average Bonchev–Trinajstić information content (AvgIpc) is 2.30. The van der Waals surface area contributed by atoms with Crippen LogP contribution in [0.25, 0.3) is 0 Å². The Balaban J connectivity index is 2.89. The summed E-state index contributed by atoms with van der Waals surface area (Å²) in [5.41, 5.74) is 5.34. The lowest BCUT2D eigenvalue weighted by Gasteiger charge is -2.05. The molecule has 0 unspecified atom stereocenters. The molecule has 17 heavy (non-hydrogen) atoms. The van der Waals surface area contributed by atoms with E-state index in [1.807, 2.05) is 0 Å². The molecule has 104 valence electrons. The first-order chi connectivity index (χ1) is 8.27. The summed E-state index contributed by atoms with van der Waals surface area (Å²) in [7, 11) is 0. The molecule has 0 aliphatic carbocycles. The molecule has 0 fully saturated rings. The Kier molecular flexibility index (Phi) is 13.9. The molecular weight excluding hydrogens is 210 g/mol. The normalized spacial score (nSPS) is 11.3. The van der Waals surface area contributed by atoms with Gasteiger partial charge in [-0.15, -0.1) is 0 Å². The van der Waals surface area contributed by atoms with Crippen molar-refractivity contribution >= 4 is 0 Å². The van der Waals surface area contributed by atoms with Crippen molar-refractivity contribution in [3.63, 3.8) is 0 Å². The molecule has 2 N–H and O–H groups in total. The van der Waals surface area contributed by atoms with Crippen molar-refractivity contribution in [3.8, 4) is 0 Å².